The van der Waals surface area contributed by atoms with Gasteiger partial charge >= 0.3 is 5.97 Å². The number of fused-ring (bicyclic) bond motifs is 1. The molecule has 3 rings (SSSR count). The van der Waals surface area contributed by atoms with Gasteiger partial charge in [0.05, 0.1) is 17.8 Å². The van der Waals surface area contributed by atoms with Crippen molar-refractivity contribution < 1.29 is 28.7 Å². The normalized spacial score (nSPS) is 15.9. The fourth-order valence-electron chi connectivity index (χ4n) is 2.81. The van der Waals surface area contributed by atoms with E-state index in [1.807, 2.05) is 0 Å². The quantitative estimate of drug-likeness (QED) is 0.573. The first-order valence-corrected chi connectivity index (χ1v) is 9.02. The minimum absolute atomic E-state index is 0.203. The second kappa shape index (κ2) is 8.55. The Morgan fingerprint density at radius 1 is 1.14 bits per heavy atom. The topological polar surface area (TPSA) is 111 Å². The molecule has 0 aliphatic carbocycles. The summed E-state index contributed by atoms with van der Waals surface area (Å²) in [7, 11) is 0. The van der Waals surface area contributed by atoms with E-state index in [0.717, 1.165) is 0 Å². The monoisotopic (exact) mass is 396 g/mol. The van der Waals surface area contributed by atoms with Gasteiger partial charge in [-0.15, -0.1) is 0 Å². The van der Waals surface area contributed by atoms with Gasteiger partial charge in [0.25, 0.3) is 11.8 Å². The molecule has 1 heterocycles. The predicted molar refractivity (Wildman–Crippen MR) is 105 cm³/mol. The van der Waals surface area contributed by atoms with Crippen molar-refractivity contribution in [3.8, 4) is 5.75 Å². The van der Waals surface area contributed by atoms with Crippen molar-refractivity contribution >= 4 is 34.9 Å². The number of amides is 2. The van der Waals surface area contributed by atoms with Gasteiger partial charge in [-0.25, -0.2) is 0 Å². The Bertz CT molecular complexity index is 971. The molecule has 0 saturated carbocycles. The van der Waals surface area contributed by atoms with Crippen LogP contribution < -0.4 is 15.4 Å². The molecular weight excluding hydrogens is 376 g/mol. The van der Waals surface area contributed by atoms with Crippen molar-refractivity contribution in [3.05, 3.63) is 54.1 Å². The minimum Gasteiger partial charge on any atom is -0.478 e. The van der Waals surface area contributed by atoms with E-state index in [2.05, 4.69) is 10.6 Å². The number of nitrogens with one attached hydrogen (secondary N) is 2. The molecule has 29 heavy (non-hydrogen) atoms. The summed E-state index contributed by atoms with van der Waals surface area (Å²) in [4.78, 5) is 48.3. The lowest BCUT2D eigenvalue weighted by Gasteiger charge is -2.25. The summed E-state index contributed by atoms with van der Waals surface area (Å²) in [5.41, 5.74) is 1.21. The minimum atomic E-state index is -1.12. The number of hydrogen-bond donors (Lipinski definition) is 2. The molecule has 0 fully saturated rings. The predicted octanol–water partition coefficient (Wildman–Crippen LogP) is 2.55. The third-order valence-electron chi connectivity index (χ3n) is 4.30. The van der Waals surface area contributed by atoms with Crippen LogP contribution >= 0.6 is 0 Å². The van der Waals surface area contributed by atoms with Gasteiger partial charge in [-0.2, -0.15) is 0 Å². The number of ketones is 1. The van der Waals surface area contributed by atoms with Gasteiger partial charge in [-0.05, 0) is 38.1 Å². The number of carbonyl (C=O) groups is 4. The zero-order valence-electron chi connectivity index (χ0n) is 15.9. The van der Waals surface area contributed by atoms with E-state index in [4.69, 9.17) is 9.47 Å². The van der Waals surface area contributed by atoms with E-state index in [1.165, 1.54) is 13.8 Å². The summed E-state index contributed by atoms with van der Waals surface area (Å²) in [6.07, 6.45) is -2.52. The molecule has 0 saturated heterocycles. The van der Waals surface area contributed by atoms with Crippen LogP contribution in [0.5, 0.6) is 5.75 Å². The molecule has 0 bridgehead atoms. The Morgan fingerprint density at radius 3 is 2.59 bits per heavy atom. The fourth-order valence-corrected chi connectivity index (χ4v) is 2.81. The van der Waals surface area contributed by atoms with E-state index < -0.39 is 30.0 Å². The third kappa shape index (κ3) is 4.78. The molecule has 2 N–H and O–H groups in total. The van der Waals surface area contributed by atoms with Gasteiger partial charge in [-0.1, -0.05) is 24.3 Å². The molecule has 0 aromatic heterocycles. The second-order valence-corrected chi connectivity index (χ2v) is 6.52. The van der Waals surface area contributed by atoms with Crippen molar-refractivity contribution in [2.24, 2.45) is 0 Å². The molecule has 8 nitrogen and oxygen atoms in total. The van der Waals surface area contributed by atoms with Crippen LogP contribution in [-0.2, 0) is 19.1 Å². The van der Waals surface area contributed by atoms with E-state index >= 15 is 0 Å². The number of benzene rings is 2. The van der Waals surface area contributed by atoms with Crippen LogP contribution in [0.1, 0.15) is 30.6 Å². The Balaban J connectivity index is 1.57. The molecule has 8 heteroatoms. The Morgan fingerprint density at radius 2 is 1.83 bits per heavy atom. The number of esters is 1. The lowest BCUT2D eigenvalue weighted by Crippen LogP contribution is -2.40. The summed E-state index contributed by atoms with van der Waals surface area (Å²) in [5, 5.41) is 5.23. The maximum Gasteiger partial charge on any atom is 0.310 e. The highest BCUT2D eigenvalue weighted by Gasteiger charge is 2.31. The van der Waals surface area contributed by atoms with E-state index in [0.29, 0.717) is 22.7 Å². The van der Waals surface area contributed by atoms with Crippen LogP contribution in [0.15, 0.2) is 48.5 Å². The van der Waals surface area contributed by atoms with Gasteiger partial charge < -0.3 is 20.1 Å². The van der Waals surface area contributed by atoms with Gasteiger partial charge in [-0.3, -0.25) is 19.2 Å². The number of ether oxygens (including phenoxy) is 2. The third-order valence-corrected chi connectivity index (χ3v) is 4.30. The average molecular weight is 396 g/mol. The molecule has 0 unspecified atom stereocenters. The largest absolute Gasteiger partial charge is 0.478 e. The van der Waals surface area contributed by atoms with Crippen molar-refractivity contribution in [2.75, 3.05) is 10.6 Å². The highest BCUT2D eigenvalue weighted by Crippen LogP contribution is 2.29. The van der Waals surface area contributed by atoms with Crippen LogP contribution in [0.3, 0.4) is 0 Å². The summed E-state index contributed by atoms with van der Waals surface area (Å²) in [6.45, 7) is 2.79. The molecule has 0 radical (unpaired) electrons. The molecule has 2 aromatic carbocycles. The number of carbonyl (C=O) groups excluding carboxylic acids is 4. The number of rotatable bonds is 6. The highest BCUT2D eigenvalue weighted by molar-refractivity contribution is 6.05. The molecule has 1 aliphatic heterocycles. The lowest BCUT2D eigenvalue weighted by atomic mass is 10.1. The zero-order valence-corrected chi connectivity index (χ0v) is 15.9. The van der Waals surface area contributed by atoms with Crippen LogP contribution in [-0.4, -0.2) is 35.8 Å². The standard InChI is InChI=1S/C21H20N2O6/c1-12(24)14-7-3-4-8-15(14)22-20(26)13(2)28-19(25)11-18-21(27)23-16-9-5-6-10-17(16)29-18/h3-10,13,18H,11H2,1-2H3,(H,22,26)(H,23,27)/t13-,18+/m0/s1. The first kappa shape index (κ1) is 20.1. The number of anilines is 2. The molecular formula is C21H20N2O6. The van der Waals surface area contributed by atoms with Crippen molar-refractivity contribution in [3.63, 3.8) is 0 Å². The van der Waals surface area contributed by atoms with Crippen molar-refractivity contribution in [1.82, 2.24) is 0 Å². The highest BCUT2D eigenvalue weighted by atomic mass is 16.6. The van der Waals surface area contributed by atoms with Crippen molar-refractivity contribution in [2.45, 2.75) is 32.5 Å². The number of Topliss-reactive ketones (excluding diaryl/α,β-unsaturated/α-hetero) is 1. The second-order valence-electron chi connectivity index (χ2n) is 6.52. The smallest absolute Gasteiger partial charge is 0.310 e. The molecule has 2 aromatic rings. The Labute approximate surface area is 167 Å². The molecule has 150 valence electrons. The van der Waals surface area contributed by atoms with Crippen LogP contribution in [0, 0.1) is 0 Å². The molecule has 2 atom stereocenters. The Hall–Kier alpha value is -3.68. The molecule has 2 amide bonds. The lowest BCUT2D eigenvalue weighted by molar-refractivity contribution is -0.155. The maximum absolute atomic E-state index is 12.3. The molecule has 1 aliphatic rings. The van der Waals surface area contributed by atoms with Crippen LogP contribution in [0.25, 0.3) is 0 Å². The summed E-state index contributed by atoms with van der Waals surface area (Å²) in [5.74, 6) is -1.56. The summed E-state index contributed by atoms with van der Waals surface area (Å²) < 4.78 is 10.7. The van der Waals surface area contributed by atoms with Crippen LogP contribution in [0.4, 0.5) is 11.4 Å². The number of para-hydroxylation sites is 3. The van der Waals surface area contributed by atoms with E-state index in [9.17, 15) is 19.2 Å². The van der Waals surface area contributed by atoms with Gasteiger partial charge in [0.15, 0.2) is 18.0 Å². The summed E-state index contributed by atoms with van der Waals surface area (Å²) in [6, 6.07) is 13.4. The molecule has 0 spiro atoms. The Kier molecular flexibility index (Phi) is 5.92. The van der Waals surface area contributed by atoms with Gasteiger partial charge in [0, 0.05) is 5.56 Å². The number of hydrogen-bond acceptors (Lipinski definition) is 6. The van der Waals surface area contributed by atoms with Crippen molar-refractivity contribution in [1.29, 1.82) is 0 Å². The van der Waals surface area contributed by atoms with E-state index in [1.54, 1.807) is 48.5 Å². The van der Waals surface area contributed by atoms with Gasteiger partial charge in [0.2, 0.25) is 0 Å². The van der Waals surface area contributed by atoms with E-state index in [-0.39, 0.29) is 12.2 Å². The first-order chi connectivity index (χ1) is 13.8. The fraction of sp³-hybridized carbons (Fsp3) is 0.238. The zero-order chi connectivity index (χ0) is 21.0. The first-order valence-electron chi connectivity index (χ1n) is 9.02. The summed E-state index contributed by atoms with van der Waals surface area (Å²) >= 11 is 0. The maximum atomic E-state index is 12.3. The average Bonchev–Trinajstić information content (AvgIpc) is 2.68. The SMILES string of the molecule is CC(=O)c1ccccc1NC(=O)[C@H](C)OC(=O)C[C@H]1Oc2ccccc2NC1=O. The van der Waals surface area contributed by atoms with Crippen LogP contribution in [0.2, 0.25) is 0 Å². The van der Waals surface area contributed by atoms with Gasteiger partial charge in [0.1, 0.15) is 5.75 Å².